The molecule has 0 bridgehead atoms. The lowest BCUT2D eigenvalue weighted by Crippen LogP contribution is -2.12. The Hall–Kier alpha value is -1.91. The minimum Gasteiger partial charge on any atom is -0.307 e. The standard InChI is InChI=1S/C16H10BrClN2O/c17-12-5-6-14-10(8-12)4-7-15(19-14)20-16(21)11-2-1-3-13(18)9-11/h1-9H,(H,19,20,21). The summed E-state index contributed by atoms with van der Waals surface area (Å²) in [5, 5.41) is 4.30. The number of hydrogen-bond donors (Lipinski definition) is 1. The molecule has 0 unspecified atom stereocenters. The van der Waals surface area contributed by atoms with Crippen molar-refractivity contribution in [1.82, 2.24) is 4.98 Å². The molecule has 1 N–H and O–H groups in total. The van der Waals surface area contributed by atoms with Crippen LogP contribution in [0.5, 0.6) is 0 Å². The van der Waals surface area contributed by atoms with Gasteiger partial charge in [0, 0.05) is 20.4 Å². The molecule has 1 amide bonds. The van der Waals surface area contributed by atoms with E-state index < -0.39 is 0 Å². The van der Waals surface area contributed by atoms with Gasteiger partial charge < -0.3 is 5.32 Å². The predicted octanol–water partition coefficient (Wildman–Crippen LogP) is 4.90. The Balaban J connectivity index is 1.87. The number of nitrogens with zero attached hydrogens (tertiary/aromatic N) is 1. The molecule has 0 aliphatic rings. The summed E-state index contributed by atoms with van der Waals surface area (Å²) >= 11 is 9.30. The zero-order valence-corrected chi connectivity index (χ0v) is 13.1. The largest absolute Gasteiger partial charge is 0.307 e. The Bertz CT molecular complexity index is 835. The summed E-state index contributed by atoms with van der Waals surface area (Å²) in [5.41, 5.74) is 1.32. The van der Waals surface area contributed by atoms with Crippen molar-refractivity contribution in [2.24, 2.45) is 0 Å². The highest BCUT2D eigenvalue weighted by Gasteiger charge is 2.07. The van der Waals surface area contributed by atoms with Crippen LogP contribution in [0.25, 0.3) is 10.9 Å². The summed E-state index contributed by atoms with van der Waals surface area (Å²) in [7, 11) is 0. The first kappa shape index (κ1) is 14.0. The number of benzene rings is 2. The van der Waals surface area contributed by atoms with Crippen LogP contribution in [0.1, 0.15) is 10.4 Å². The SMILES string of the molecule is O=C(Nc1ccc2cc(Br)ccc2n1)c1cccc(Cl)c1. The molecule has 2 aromatic carbocycles. The van der Waals surface area contributed by atoms with E-state index in [9.17, 15) is 4.79 Å². The van der Waals surface area contributed by atoms with Crippen molar-refractivity contribution in [1.29, 1.82) is 0 Å². The van der Waals surface area contributed by atoms with Crippen LogP contribution >= 0.6 is 27.5 Å². The van der Waals surface area contributed by atoms with Crippen molar-refractivity contribution in [3.05, 3.63) is 69.7 Å². The van der Waals surface area contributed by atoms with Crippen LogP contribution in [0.2, 0.25) is 5.02 Å². The molecule has 5 heteroatoms. The van der Waals surface area contributed by atoms with Crippen LogP contribution in [0, 0.1) is 0 Å². The average Bonchev–Trinajstić information content (AvgIpc) is 2.47. The van der Waals surface area contributed by atoms with Crippen LogP contribution in [0.4, 0.5) is 5.82 Å². The van der Waals surface area contributed by atoms with E-state index in [0.29, 0.717) is 16.4 Å². The Morgan fingerprint density at radius 2 is 1.95 bits per heavy atom. The fourth-order valence-electron chi connectivity index (χ4n) is 1.98. The predicted molar refractivity (Wildman–Crippen MR) is 88.8 cm³/mol. The van der Waals surface area contributed by atoms with Gasteiger partial charge in [0.1, 0.15) is 5.82 Å². The maximum Gasteiger partial charge on any atom is 0.256 e. The van der Waals surface area contributed by atoms with Crippen LogP contribution < -0.4 is 5.32 Å². The third-order valence-corrected chi connectivity index (χ3v) is 3.71. The molecule has 3 aromatic rings. The fourth-order valence-corrected chi connectivity index (χ4v) is 2.55. The molecule has 0 fully saturated rings. The number of hydrogen-bond acceptors (Lipinski definition) is 2. The summed E-state index contributed by atoms with van der Waals surface area (Å²) in [4.78, 5) is 16.6. The zero-order valence-electron chi connectivity index (χ0n) is 10.8. The zero-order chi connectivity index (χ0) is 14.8. The summed E-state index contributed by atoms with van der Waals surface area (Å²) in [6.07, 6.45) is 0. The van der Waals surface area contributed by atoms with Crippen LogP contribution in [0.15, 0.2) is 59.1 Å². The highest BCUT2D eigenvalue weighted by molar-refractivity contribution is 9.10. The molecular weight excluding hydrogens is 352 g/mol. The maximum absolute atomic E-state index is 12.1. The number of anilines is 1. The van der Waals surface area contributed by atoms with E-state index in [1.807, 2.05) is 24.3 Å². The van der Waals surface area contributed by atoms with Crippen molar-refractivity contribution < 1.29 is 4.79 Å². The molecule has 1 aromatic heterocycles. The highest BCUT2D eigenvalue weighted by atomic mass is 79.9. The lowest BCUT2D eigenvalue weighted by Gasteiger charge is -2.06. The topological polar surface area (TPSA) is 42.0 Å². The van der Waals surface area contributed by atoms with Crippen LogP contribution in [0.3, 0.4) is 0 Å². The van der Waals surface area contributed by atoms with Crippen molar-refractivity contribution >= 4 is 50.2 Å². The van der Waals surface area contributed by atoms with E-state index in [-0.39, 0.29) is 5.91 Å². The van der Waals surface area contributed by atoms with E-state index in [1.54, 1.807) is 30.3 Å². The highest BCUT2D eigenvalue weighted by Crippen LogP contribution is 2.20. The van der Waals surface area contributed by atoms with Crippen molar-refractivity contribution in [3.8, 4) is 0 Å². The average molecular weight is 362 g/mol. The number of amides is 1. The van der Waals surface area contributed by atoms with Gasteiger partial charge >= 0.3 is 0 Å². The molecular formula is C16H10BrClN2O. The molecule has 3 rings (SSSR count). The number of aromatic nitrogens is 1. The first-order valence-corrected chi connectivity index (χ1v) is 7.42. The van der Waals surface area contributed by atoms with Gasteiger partial charge in [0.25, 0.3) is 5.91 Å². The third kappa shape index (κ3) is 3.23. The number of nitrogens with one attached hydrogen (secondary N) is 1. The molecule has 0 aliphatic heterocycles. The Kier molecular flexibility index (Phi) is 3.90. The molecule has 0 saturated heterocycles. The van der Waals surface area contributed by atoms with Gasteiger partial charge in [-0.3, -0.25) is 4.79 Å². The van der Waals surface area contributed by atoms with Gasteiger partial charge in [0.2, 0.25) is 0 Å². The summed E-state index contributed by atoms with van der Waals surface area (Å²) in [6.45, 7) is 0. The number of rotatable bonds is 2. The monoisotopic (exact) mass is 360 g/mol. The minimum atomic E-state index is -0.235. The third-order valence-electron chi connectivity index (χ3n) is 2.98. The second-order valence-corrected chi connectivity index (χ2v) is 5.85. The van der Waals surface area contributed by atoms with Gasteiger partial charge in [-0.2, -0.15) is 0 Å². The number of halogens is 2. The normalized spacial score (nSPS) is 10.6. The Labute approximate surface area is 135 Å². The van der Waals surface area contributed by atoms with Crippen LogP contribution in [-0.2, 0) is 0 Å². The molecule has 3 nitrogen and oxygen atoms in total. The van der Waals surface area contributed by atoms with Crippen molar-refractivity contribution in [3.63, 3.8) is 0 Å². The minimum absolute atomic E-state index is 0.235. The van der Waals surface area contributed by atoms with E-state index in [1.165, 1.54) is 0 Å². The van der Waals surface area contributed by atoms with E-state index in [0.717, 1.165) is 15.4 Å². The van der Waals surface area contributed by atoms with Gasteiger partial charge in [-0.25, -0.2) is 4.98 Å². The Morgan fingerprint density at radius 1 is 1.10 bits per heavy atom. The summed E-state index contributed by atoms with van der Waals surface area (Å²) in [5.74, 6) is 0.274. The van der Waals surface area contributed by atoms with E-state index >= 15 is 0 Å². The molecule has 21 heavy (non-hydrogen) atoms. The lowest BCUT2D eigenvalue weighted by atomic mass is 10.2. The van der Waals surface area contributed by atoms with E-state index in [2.05, 4.69) is 26.2 Å². The number of carbonyl (C=O) groups is 1. The van der Waals surface area contributed by atoms with Gasteiger partial charge in [-0.15, -0.1) is 0 Å². The molecule has 0 radical (unpaired) electrons. The van der Waals surface area contributed by atoms with E-state index in [4.69, 9.17) is 11.6 Å². The molecule has 0 atom stereocenters. The smallest absolute Gasteiger partial charge is 0.256 e. The number of fused-ring (bicyclic) bond motifs is 1. The molecule has 0 saturated carbocycles. The van der Waals surface area contributed by atoms with Crippen molar-refractivity contribution in [2.45, 2.75) is 0 Å². The number of pyridine rings is 1. The quantitative estimate of drug-likeness (QED) is 0.705. The first-order chi connectivity index (χ1) is 10.1. The lowest BCUT2D eigenvalue weighted by molar-refractivity contribution is 0.102. The maximum atomic E-state index is 12.1. The molecule has 0 spiro atoms. The van der Waals surface area contributed by atoms with Crippen molar-refractivity contribution in [2.75, 3.05) is 5.32 Å². The number of carbonyl (C=O) groups excluding carboxylic acids is 1. The Morgan fingerprint density at radius 3 is 2.76 bits per heavy atom. The van der Waals surface area contributed by atoms with Gasteiger partial charge in [-0.05, 0) is 48.5 Å². The van der Waals surface area contributed by atoms with Crippen LogP contribution in [-0.4, -0.2) is 10.9 Å². The molecule has 1 heterocycles. The van der Waals surface area contributed by atoms with Gasteiger partial charge in [0.15, 0.2) is 0 Å². The second-order valence-electron chi connectivity index (χ2n) is 4.50. The summed E-state index contributed by atoms with van der Waals surface area (Å²) in [6, 6.07) is 16.3. The van der Waals surface area contributed by atoms with Gasteiger partial charge in [0.05, 0.1) is 5.52 Å². The summed E-state index contributed by atoms with van der Waals surface area (Å²) < 4.78 is 0.993. The fraction of sp³-hybridized carbons (Fsp3) is 0. The molecule has 104 valence electrons. The second kappa shape index (κ2) is 5.84. The molecule has 0 aliphatic carbocycles. The van der Waals surface area contributed by atoms with Gasteiger partial charge in [-0.1, -0.05) is 33.6 Å². The first-order valence-electron chi connectivity index (χ1n) is 6.25.